The van der Waals surface area contributed by atoms with E-state index in [0.29, 0.717) is 22.8 Å². The normalized spacial score (nSPS) is 14.0. The second kappa shape index (κ2) is 9.42. The molecular formula is C18H24BrN5O3S. The second-order valence-electron chi connectivity index (χ2n) is 6.59. The first kappa shape index (κ1) is 20.7. The number of carbonyl (C=O) groups excluding carboxylic acids is 1. The van der Waals surface area contributed by atoms with Crippen LogP contribution in [0.15, 0.2) is 16.6 Å². The average molecular weight is 470 g/mol. The third-order valence-electron chi connectivity index (χ3n) is 4.62. The number of aromatic nitrogens is 3. The van der Waals surface area contributed by atoms with E-state index in [1.807, 2.05) is 24.0 Å². The van der Waals surface area contributed by atoms with Crippen molar-refractivity contribution in [2.24, 2.45) is 0 Å². The number of rotatable bonds is 7. The van der Waals surface area contributed by atoms with Gasteiger partial charge in [-0.3, -0.25) is 9.89 Å². The first-order valence-electron chi connectivity index (χ1n) is 9.14. The Morgan fingerprint density at radius 3 is 2.75 bits per heavy atom. The van der Waals surface area contributed by atoms with Gasteiger partial charge in [0.1, 0.15) is 5.82 Å². The van der Waals surface area contributed by atoms with Gasteiger partial charge in [-0.2, -0.15) is 5.10 Å². The number of piperidine rings is 1. The van der Waals surface area contributed by atoms with E-state index in [0.717, 1.165) is 41.8 Å². The maximum absolute atomic E-state index is 12.4. The molecule has 28 heavy (non-hydrogen) atoms. The Labute approximate surface area is 177 Å². The molecule has 0 bridgehead atoms. The lowest BCUT2D eigenvalue weighted by Gasteiger charge is -2.26. The van der Waals surface area contributed by atoms with Gasteiger partial charge < -0.3 is 19.8 Å². The molecule has 2 N–H and O–H groups in total. The number of carbonyl (C=O) groups is 1. The maximum atomic E-state index is 12.4. The summed E-state index contributed by atoms with van der Waals surface area (Å²) >= 11 is 8.72. The SMILES string of the molecule is COc1cc(CNn2c(C)n[nH]c2=S)cc(Br)c1OCC(=O)N1CCCCC1. The number of hydrogen-bond acceptors (Lipinski definition) is 6. The summed E-state index contributed by atoms with van der Waals surface area (Å²) in [6.45, 7) is 3.97. The highest BCUT2D eigenvalue weighted by atomic mass is 79.9. The van der Waals surface area contributed by atoms with Crippen molar-refractivity contribution in [3.63, 3.8) is 0 Å². The van der Waals surface area contributed by atoms with Crippen LogP contribution in [-0.4, -0.2) is 52.5 Å². The monoisotopic (exact) mass is 469 g/mol. The van der Waals surface area contributed by atoms with E-state index in [4.69, 9.17) is 21.7 Å². The Morgan fingerprint density at radius 2 is 2.11 bits per heavy atom. The topological polar surface area (TPSA) is 84.4 Å². The van der Waals surface area contributed by atoms with Crippen molar-refractivity contribution in [2.45, 2.75) is 32.7 Å². The van der Waals surface area contributed by atoms with Crippen molar-refractivity contribution in [1.82, 2.24) is 19.8 Å². The number of amides is 1. The van der Waals surface area contributed by atoms with E-state index in [-0.39, 0.29) is 12.5 Å². The highest BCUT2D eigenvalue weighted by molar-refractivity contribution is 9.10. The van der Waals surface area contributed by atoms with E-state index in [9.17, 15) is 4.79 Å². The van der Waals surface area contributed by atoms with Gasteiger partial charge in [0.25, 0.3) is 5.91 Å². The minimum absolute atomic E-state index is 0.00389. The van der Waals surface area contributed by atoms with Gasteiger partial charge in [-0.15, -0.1) is 0 Å². The Balaban J connectivity index is 1.67. The fraction of sp³-hybridized carbons (Fsp3) is 0.500. The average Bonchev–Trinajstić information content (AvgIpc) is 3.03. The Hall–Kier alpha value is -2.07. The lowest BCUT2D eigenvalue weighted by Crippen LogP contribution is -2.38. The Bertz CT molecular complexity index is 892. The van der Waals surface area contributed by atoms with Crippen LogP contribution in [0.3, 0.4) is 0 Å². The molecule has 1 amide bonds. The second-order valence-corrected chi connectivity index (χ2v) is 7.83. The third-order valence-corrected chi connectivity index (χ3v) is 5.48. The molecule has 0 aliphatic carbocycles. The minimum atomic E-state index is -0.00403. The van der Waals surface area contributed by atoms with Crippen LogP contribution >= 0.6 is 28.1 Å². The summed E-state index contributed by atoms with van der Waals surface area (Å²) < 4.78 is 14.2. The van der Waals surface area contributed by atoms with Crippen molar-refractivity contribution >= 4 is 34.1 Å². The first-order chi connectivity index (χ1) is 13.5. The zero-order chi connectivity index (χ0) is 20.1. The van der Waals surface area contributed by atoms with Crippen LogP contribution in [0.5, 0.6) is 11.5 Å². The summed E-state index contributed by atoms with van der Waals surface area (Å²) in [6.07, 6.45) is 3.30. The number of likely N-dealkylation sites (tertiary alicyclic amines) is 1. The molecule has 0 unspecified atom stereocenters. The number of hydrogen-bond donors (Lipinski definition) is 2. The van der Waals surface area contributed by atoms with Crippen molar-refractivity contribution < 1.29 is 14.3 Å². The molecule has 1 aliphatic rings. The highest BCUT2D eigenvalue weighted by Crippen LogP contribution is 2.36. The zero-order valence-corrected chi connectivity index (χ0v) is 18.4. The van der Waals surface area contributed by atoms with Crippen LogP contribution in [0.1, 0.15) is 30.7 Å². The summed E-state index contributed by atoms with van der Waals surface area (Å²) in [6, 6.07) is 3.80. The van der Waals surface area contributed by atoms with Crippen molar-refractivity contribution in [2.75, 3.05) is 32.2 Å². The van der Waals surface area contributed by atoms with Gasteiger partial charge in [0.15, 0.2) is 18.1 Å². The number of nitrogens with one attached hydrogen (secondary N) is 2. The van der Waals surface area contributed by atoms with Gasteiger partial charge in [0, 0.05) is 13.1 Å². The lowest BCUT2D eigenvalue weighted by atomic mass is 10.1. The number of benzene rings is 1. The van der Waals surface area contributed by atoms with E-state index in [2.05, 4.69) is 31.6 Å². The molecule has 10 heteroatoms. The summed E-state index contributed by atoms with van der Waals surface area (Å²) in [5.41, 5.74) is 4.17. The molecule has 0 radical (unpaired) electrons. The van der Waals surface area contributed by atoms with Gasteiger partial charge in [0.05, 0.1) is 18.1 Å². The number of H-pyrrole nitrogens is 1. The molecule has 1 saturated heterocycles. The largest absolute Gasteiger partial charge is 0.493 e. The molecule has 0 saturated carbocycles. The molecule has 1 fully saturated rings. The van der Waals surface area contributed by atoms with Crippen LogP contribution in [0.25, 0.3) is 0 Å². The predicted molar refractivity (Wildman–Crippen MR) is 112 cm³/mol. The fourth-order valence-corrected chi connectivity index (χ4v) is 3.96. The van der Waals surface area contributed by atoms with E-state index < -0.39 is 0 Å². The molecule has 3 rings (SSSR count). The zero-order valence-electron chi connectivity index (χ0n) is 16.0. The van der Waals surface area contributed by atoms with E-state index in [1.165, 1.54) is 6.42 Å². The molecular weight excluding hydrogens is 446 g/mol. The summed E-state index contributed by atoms with van der Waals surface area (Å²) in [7, 11) is 1.58. The number of aryl methyl sites for hydroxylation is 1. The first-order valence-corrected chi connectivity index (χ1v) is 10.3. The molecule has 1 aliphatic heterocycles. The maximum Gasteiger partial charge on any atom is 0.260 e. The van der Waals surface area contributed by atoms with Gasteiger partial charge in [-0.1, -0.05) is 0 Å². The number of halogens is 1. The van der Waals surface area contributed by atoms with Crippen molar-refractivity contribution in [1.29, 1.82) is 0 Å². The number of nitrogens with zero attached hydrogens (tertiary/aromatic N) is 3. The van der Waals surface area contributed by atoms with Gasteiger partial charge in [-0.05, 0) is 72.0 Å². The number of ether oxygens (including phenoxy) is 2. The Morgan fingerprint density at radius 1 is 1.36 bits per heavy atom. The fourth-order valence-electron chi connectivity index (χ4n) is 3.12. The van der Waals surface area contributed by atoms with E-state index >= 15 is 0 Å². The lowest BCUT2D eigenvalue weighted by molar-refractivity contribution is -0.134. The van der Waals surface area contributed by atoms with E-state index in [1.54, 1.807) is 11.8 Å². The van der Waals surface area contributed by atoms with Crippen molar-refractivity contribution in [3.05, 3.63) is 32.8 Å². The smallest absolute Gasteiger partial charge is 0.260 e. The van der Waals surface area contributed by atoms with Gasteiger partial charge in [0.2, 0.25) is 4.77 Å². The van der Waals surface area contributed by atoms with Crippen LogP contribution in [0.2, 0.25) is 0 Å². The van der Waals surface area contributed by atoms with Crippen LogP contribution < -0.4 is 14.9 Å². The third kappa shape index (κ3) is 4.85. The molecule has 2 heterocycles. The van der Waals surface area contributed by atoms with Gasteiger partial charge >= 0.3 is 0 Å². The summed E-state index contributed by atoms with van der Waals surface area (Å²) in [5, 5.41) is 6.80. The van der Waals surface area contributed by atoms with Crippen LogP contribution in [-0.2, 0) is 11.3 Å². The summed E-state index contributed by atoms with van der Waals surface area (Å²) in [4.78, 5) is 14.2. The number of methoxy groups -OCH3 is 1. The quantitative estimate of drug-likeness (QED) is 0.605. The predicted octanol–water partition coefficient (Wildman–Crippen LogP) is 3.16. The molecule has 152 valence electrons. The number of aromatic amines is 1. The van der Waals surface area contributed by atoms with Gasteiger partial charge in [-0.25, -0.2) is 4.68 Å². The molecule has 1 aromatic heterocycles. The van der Waals surface area contributed by atoms with Crippen LogP contribution in [0, 0.1) is 11.7 Å². The van der Waals surface area contributed by atoms with Crippen LogP contribution in [0.4, 0.5) is 0 Å². The molecule has 1 aromatic carbocycles. The Kier molecular flexibility index (Phi) is 6.95. The standard InChI is InChI=1S/C18H24BrN5O3S/c1-12-21-22-18(28)24(12)20-10-13-8-14(19)17(15(9-13)26-2)27-11-16(25)23-6-4-3-5-7-23/h8-9,20H,3-7,10-11H2,1-2H3,(H,22,28). The molecule has 0 spiro atoms. The molecule has 2 aromatic rings. The molecule has 8 nitrogen and oxygen atoms in total. The highest BCUT2D eigenvalue weighted by Gasteiger charge is 2.19. The minimum Gasteiger partial charge on any atom is -0.493 e. The summed E-state index contributed by atoms with van der Waals surface area (Å²) in [5.74, 6) is 1.83. The molecule has 0 atom stereocenters. The van der Waals surface area contributed by atoms with Crippen molar-refractivity contribution in [3.8, 4) is 11.5 Å².